The van der Waals surface area contributed by atoms with Gasteiger partial charge in [-0.05, 0) is 32.0 Å². The van der Waals surface area contributed by atoms with E-state index in [1.807, 2.05) is 36.5 Å². The molecule has 1 saturated heterocycles. The molecule has 1 atom stereocenters. The molecule has 0 radical (unpaired) electrons. The Hall–Kier alpha value is -3.02. The van der Waals surface area contributed by atoms with Gasteiger partial charge in [-0.15, -0.1) is 0 Å². The maximum atomic E-state index is 12.0. The quantitative estimate of drug-likeness (QED) is 0.635. The van der Waals surface area contributed by atoms with E-state index >= 15 is 0 Å². The Morgan fingerprint density at radius 1 is 1.24 bits per heavy atom. The van der Waals surface area contributed by atoms with E-state index in [4.69, 9.17) is 9.72 Å². The highest BCUT2D eigenvalue weighted by Gasteiger charge is 2.28. The zero-order chi connectivity index (χ0) is 20.5. The van der Waals surface area contributed by atoms with Gasteiger partial charge in [0.2, 0.25) is 5.91 Å². The molecule has 2 aromatic heterocycles. The minimum Gasteiger partial charge on any atom is -0.497 e. The molecule has 0 N–H and O–H groups in total. The van der Waals surface area contributed by atoms with Gasteiger partial charge in [-0.2, -0.15) is 0 Å². The van der Waals surface area contributed by atoms with Crippen LogP contribution in [0, 0.1) is 5.92 Å². The van der Waals surface area contributed by atoms with E-state index in [2.05, 4.69) is 47.5 Å². The van der Waals surface area contributed by atoms with Crippen molar-refractivity contribution in [3.05, 3.63) is 49.1 Å². The van der Waals surface area contributed by atoms with Crippen LogP contribution >= 0.6 is 0 Å². The summed E-state index contributed by atoms with van der Waals surface area (Å²) in [5.41, 5.74) is 4.17. The summed E-state index contributed by atoms with van der Waals surface area (Å²) in [6.45, 7) is 5.90. The van der Waals surface area contributed by atoms with Crippen LogP contribution in [0.4, 0.5) is 0 Å². The first-order chi connectivity index (χ1) is 14.0. The molecular weight excluding hydrogens is 364 g/mol. The highest BCUT2D eigenvalue weighted by atomic mass is 16.5. The first-order valence-electron chi connectivity index (χ1n) is 10.1. The van der Waals surface area contributed by atoms with Gasteiger partial charge in [0, 0.05) is 62.0 Å². The molecular formula is C23H28N4O2. The van der Waals surface area contributed by atoms with Gasteiger partial charge in [-0.3, -0.25) is 4.79 Å². The van der Waals surface area contributed by atoms with Crippen molar-refractivity contribution >= 4 is 5.91 Å². The second-order valence-corrected chi connectivity index (χ2v) is 8.11. The smallest absolute Gasteiger partial charge is 0.222 e. The fraction of sp³-hybridized carbons (Fsp3) is 0.391. The third kappa shape index (κ3) is 3.79. The molecule has 1 aliphatic rings. The van der Waals surface area contributed by atoms with Gasteiger partial charge in [-0.25, -0.2) is 4.98 Å². The molecule has 1 fully saturated rings. The average Bonchev–Trinajstić information content (AvgIpc) is 3.41. The van der Waals surface area contributed by atoms with E-state index in [0.717, 1.165) is 41.4 Å². The number of rotatable bonds is 6. The van der Waals surface area contributed by atoms with Crippen molar-refractivity contribution in [3.63, 3.8) is 0 Å². The van der Waals surface area contributed by atoms with Crippen LogP contribution in [0.3, 0.4) is 0 Å². The number of benzene rings is 1. The van der Waals surface area contributed by atoms with Crippen LogP contribution in [-0.2, 0) is 11.3 Å². The summed E-state index contributed by atoms with van der Waals surface area (Å²) in [4.78, 5) is 18.6. The number of ether oxygens (including phenoxy) is 1. The molecule has 1 aromatic carbocycles. The van der Waals surface area contributed by atoms with Gasteiger partial charge >= 0.3 is 0 Å². The number of aromatic nitrogens is 3. The van der Waals surface area contributed by atoms with Crippen molar-refractivity contribution in [2.75, 3.05) is 20.7 Å². The number of hydrogen-bond acceptors (Lipinski definition) is 3. The first-order valence-corrected chi connectivity index (χ1v) is 10.1. The lowest BCUT2D eigenvalue weighted by atomic mass is 10.1. The SMILES string of the molecule is COc1cccc(-c2ncn(CC3CC(=O)N(C)C3)c2-c2ccn(C(C)C)c2)c1. The van der Waals surface area contributed by atoms with E-state index in [9.17, 15) is 4.79 Å². The molecule has 0 bridgehead atoms. The number of amides is 1. The molecule has 6 nitrogen and oxygen atoms in total. The van der Waals surface area contributed by atoms with Crippen LogP contribution < -0.4 is 4.74 Å². The van der Waals surface area contributed by atoms with Crippen molar-refractivity contribution in [3.8, 4) is 28.3 Å². The molecule has 152 valence electrons. The maximum absolute atomic E-state index is 12.0. The fourth-order valence-electron chi connectivity index (χ4n) is 4.04. The van der Waals surface area contributed by atoms with Crippen molar-refractivity contribution in [2.24, 2.45) is 5.92 Å². The summed E-state index contributed by atoms with van der Waals surface area (Å²) in [7, 11) is 3.55. The van der Waals surface area contributed by atoms with Crippen LogP contribution in [0.1, 0.15) is 26.3 Å². The molecule has 4 rings (SSSR count). The molecule has 3 aromatic rings. The van der Waals surface area contributed by atoms with Gasteiger partial charge < -0.3 is 18.8 Å². The van der Waals surface area contributed by atoms with Crippen molar-refractivity contribution in [1.82, 2.24) is 19.0 Å². The summed E-state index contributed by atoms with van der Waals surface area (Å²) in [5.74, 6) is 1.33. The van der Waals surface area contributed by atoms with Crippen molar-refractivity contribution in [1.29, 1.82) is 0 Å². The Morgan fingerprint density at radius 3 is 2.72 bits per heavy atom. The summed E-state index contributed by atoms with van der Waals surface area (Å²) < 4.78 is 9.82. The molecule has 1 aliphatic heterocycles. The monoisotopic (exact) mass is 392 g/mol. The largest absolute Gasteiger partial charge is 0.497 e. The van der Waals surface area contributed by atoms with Crippen molar-refractivity contribution < 1.29 is 9.53 Å². The van der Waals surface area contributed by atoms with Crippen LogP contribution in [0.25, 0.3) is 22.5 Å². The van der Waals surface area contributed by atoms with E-state index < -0.39 is 0 Å². The van der Waals surface area contributed by atoms with E-state index in [1.54, 1.807) is 7.11 Å². The summed E-state index contributed by atoms with van der Waals surface area (Å²) in [6.07, 6.45) is 6.78. The minimum absolute atomic E-state index is 0.218. The third-order valence-electron chi connectivity index (χ3n) is 5.64. The number of hydrogen-bond donors (Lipinski definition) is 0. The van der Waals surface area contributed by atoms with E-state index in [1.165, 1.54) is 0 Å². The fourth-order valence-corrected chi connectivity index (χ4v) is 4.04. The topological polar surface area (TPSA) is 52.3 Å². The molecule has 29 heavy (non-hydrogen) atoms. The molecule has 0 saturated carbocycles. The minimum atomic E-state index is 0.218. The number of imidazole rings is 1. The first kappa shape index (κ1) is 19.3. The van der Waals surface area contributed by atoms with Crippen LogP contribution in [0.15, 0.2) is 49.1 Å². The summed E-state index contributed by atoms with van der Waals surface area (Å²) in [5, 5.41) is 0. The lowest BCUT2D eigenvalue weighted by Gasteiger charge is -2.14. The normalized spacial score (nSPS) is 16.8. The van der Waals surface area contributed by atoms with Gasteiger partial charge in [0.25, 0.3) is 0 Å². The Bertz CT molecular complexity index is 1020. The zero-order valence-electron chi connectivity index (χ0n) is 17.5. The molecule has 0 spiro atoms. The predicted molar refractivity (Wildman–Crippen MR) is 114 cm³/mol. The van der Waals surface area contributed by atoms with Crippen LogP contribution in [0.5, 0.6) is 5.75 Å². The number of carbonyl (C=O) groups excluding carboxylic acids is 1. The Kier molecular flexibility index (Phi) is 5.18. The Labute approximate surface area is 171 Å². The lowest BCUT2D eigenvalue weighted by Crippen LogP contribution is -2.20. The standard InChI is InChI=1S/C23H28N4O2/c1-16(2)26-9-8-19(14-26)23-22(18-6-5-7-20(11-18)29-4)24-15-27(23)13-17-10-21(28)25(3)12-17/h5-9,11,14-17H,10,12-13H2,1-4H3. The van der Waals surface area contributed by atoms with Gasteiger partial charge in [0.1, 0.15) is 5.75 Å². The van der Waals surface area contributed by atoms with Crippen molar-refractivity contribution in [2.45, 2.75) is 32.9 Å². The zero-order valence-corrected chi connectivity index (χ0v) is 17.5. The predicted octanol–water partition coefficient (Wildman–Crippen LogP) is 4.09. The van der Waals surface area contributed by atoms with Gasteiger partial charge in [0.05, 0.1) is 24.8 Å². The summed E-state index contributed by atoms with van der Waals surface area (Å²) >= 11 is 0. The molecule has 6 heteroatoms. The van der Waals surface area contributed by atoms with E-state index in [-0.39, 0.29) is 5.91 Å². The highest BCUT2D eigenvalue weighted by Crippen LogP contribution is 2.34. The molecule has 1 amide bonds. The number of nitrogens with zero attached hydrogens (tertiary/aromatic N) is 4. The third-order valence-corrected chi connectivity index (χ3v) is 5.64. The number of carbonyl (C=O) groups is 1. The second-order valence-electron chi connectivity index (χ2n) is 8.11. The number of likely N-dealkylation sites (tertiary alicyclic amines) is 1. The lowest BCUT2D eigenvalue weighted by molar-refractivity contribution is -0.126. The van der Waals surface area contributed by atoms with Crippen LogP contribution in [0.2, 0.25) is 0 Å². The van der Waals surface area contributed by atoms with Gasteiger partial charge in [-0.1, -0.05) is 12.1 Å². The second kappa shape index (κ2) is 7.78. The Morgan fingerprint density at radius 2 is 2.07 bits per heavy atom. The summed E-state index contributed by atoms with van der Waals surface area (Å²) in [6, 6.07) is 10.5. The number of methoxy groups -OCH3 is 1. The van der Waals surface area contributed by atoms with Gasteiger partial charge in [0.15, 0.2) is 0 Å². The maximum Gasteiger partial charge on any atom is 0.222 e. The Balaban J connectivity index is 1.77. The molecule has 0 aliphatic carbocycles. The highest BCUT2D eigenvalue weighted by molar-refractivity contribution is 5.80. The van der Waals surface area contributed by atoms with Crippen LogP contribution in [-0.4, -0.2) is 45.6 Å². The molecule has 1 unspecified atom stereocenters. The average molecular weight is 393 g/mol. The van der Waals surface area contributed by atoms with E-state index in [0.29, 0.717) is 18.4 Å². The molecule has 3 heterocycles.